The molecular weight excluding hydrogens is 340 g/mol. The molecule has 136 valence electrons. The van der Waals surface area contributed by atoms with Crippen molar-refractivity contribution < 1.29 is 4.79 Å². The number of amides is 1. The van der Waals surface area contributed by atoms with Crippen LogP contribution < -0.4 is 10.6 Å². The zero-order valence-corrected chi connectivity index (χ0v) is 15.0. The van der Waals surface area contributed by atoms with Crippen LogP contribution >= 0.6 is 12.4 Å². The average Bonchev–Trinajstić information content (AvgIpc) is 3.03. The predicted octanol–water partition coefficient (Wildman–Crippen LogP) is 2.13. The van der Waals surface area contributed by atoms with Crippen LogP contribution in [0.1, 0.15) is 48.9 Å². The van der Waals surface area contributed by atoms with Crippen LogP contribution in [0.3, 0.4) is 0 Å². The Labute approximate surface area is 154 Å². The number of rotatable bonds is 6. The molecule has 2 aromatic rings. The Bertz CT molecular complexity index is 623. The van der Waals surface area contributed by atoms with Crippen molar-refractivity contribution in [1.82, 2.24) is 30.8 Å². The SMILES string of the molecule is Cl.O=C(NCCNC1CCCCCC1)c1ccc(-n2cnnn2)cc1. The molecule has 2 N–H and O–H groups in total. The van der Waals surface area contributed by atoms with Crippen LogP contribution in [0.25, 0.3) is 5.69 Å². The van der Waals surface area contributed by atoms with Gasteiger partial charge in [-0.2, -0.15) is 0 Å². The first-order chi connectivity index (χ1) is 11.8. The molecular formula is C17H25ClN6O. The number of halogens is 1. The monoisotopic (exact) mass is 364 g/mol. The minimum Gasteiger partial charge on any atom is -0.351 e. The summed E-state index contributed by atoms with van der Waals surface area (Å²) in [5.41, 5.74) is 1.47. The van der Waals surface area contributed by atoms with E-state index in [-0.39, 0.29) is 18.3 Å². The van der Waals surface area contributed by atoms with Crippen molar-refractivity contribution in [3.63, 3.8) is 0 Å². The van der Waals surface area contributed by atoms with Crippen LogP contribution in [0.4, 0.5) is 0 Å². The molecule has 1 aromatic heterocycles. The molecule has 8 heteroatoms. The fraction of sp³-hybridized carbons (Fsp3) is 0.529. The van der Waals surface area contributed by atoms with Gasteiger partial charge >= 0.3 is 0 Å². The van der Waals surface area contributed by atoms with Gasteiger partial charge in [-0.05, 0) is 47.5 Å². The molecule has 1 fully saturated rings. The van der Waals surface area contributed by atoms with E-state index < -0.39 is 0 Å². The minimum absolute atomic E-state index is 0. The van der Waals surface area contributed by atoms with Gasteiger partial charge in [-0.1, -0.05) is 25.7 Å². The third kappa shape index (κ3) is 5.79. The number of aromatic nitrogens is 4. The molecule has 1 amide bonds. The van der Waals surface area contributed by atoms with E-state index in [0.29, 0.717) is 18.2 Å². The Kier molecular flexibility index (Phi) is 7.81. The Morgan fingerprint density at radius 1 is 1.08 bits per heavy atom. The van der Waals surface area contributed by atoms with Gasteiger partial charge in [0, 0.05) is 24.7 Å². The fourth-order valence-corrected chi connectivity index (χ4v) is 3.08. The standard InChI is InChI=1S/C17H24N6O.ClH/c24-17(19-12-11-18-15-5-3-1-2-4-6-15)14-7-9-16(10-8-14)23-13-20-21-22-23;/h7-10,13,15,18H,1-6,11-12H2,(H,19,24);1H. The molecule has 1 aromatic carbocycles. The van der Waals surface area contributed by atoms with E-state index in [9.17, 15) is 4.79 Å². The molecule has 0 aliphatic heterocycles. The van der Waals surface area contributed by atoms with Crippen LogP contribution in [0.2, 0.25) is 0 Å². The smallest absolute Gasteiger partial charge is 0.251 e. The second-order valence-electron chi connectivity index (χ2n) is 6.20. The Morgan fingerprint density at radius 2 is 1.80 bits per heavy atom. The van der Waals surface area contributed by atoms with Crippen LogP contribution in [0.5, 0.6) is 0 Å². The summed E-state index contributed by atoms with van der Waals surface area (Å²) in [6.07, 6.45) is 9.38. The van der Waals surface area contributed by atoms with Crippen molar-refractivity contribution in [2.45, 2.75) is 44.6 Å². The zero-order chi connectivity index (χ0) is 16.6. The van der Waals surface area contributed by atoms with Gasteiger partial charge in [0.25, 0.3) is 5.91 Å². The third-order valence-corrected chi connectivity index (χ3v) is 4.44. The quantitative estimate of drug-likeness (QED) is 0.606. The fourth-order valence-electron chi connectivity index (χ4n) is 3.08. The minimum atomic E-state index is -0.0547. The number of nitrogens with zero attached hydrogens (tertiary/aromatic N) is 4. The van der Waals surface area contributed by atoms with Crippen molar-refractivity contribution >= 4 is 18.3 Å². The molecule has 0 spiro atoms. The highest BCUT2D eigenvalue weighted by Crippen LogP contribution is 2.16. The lowest BCUT2D eigenvalue weighted by atomic mass is 10.1. The van der Waals surface area contributed by atoms with E-state index in [0.717, 1.165) is 12.2 Å². The van der Waals surface area contributed by atoms with Gasteiger partial charge in [-0.15, -0.1) is 17.5 Å². The van der Waals surface area contributed by atoms with E-state index in [1.54, 1.807) is 16.8 Å². The van der Waals surface area contributed by atoms with Gasteiger partial charge in [0.2, 0.25) is 0 Å². The van der Waals surface area contributed by atoms with Gasteiger partial charge in [0.1, 0.15) is 6.33 Å². The summed E-state index contributed by atoms with van der Waals surface area (Å²) >= 11 is 0. The number of hydrogen-bond donors (Lipinski definition) is 2. The lowest BCUT2D eigenvalue weighted by molar-refractivity contribution is 0.0953. The lowest BCUT2D eigenvalue weighted by Gasteiger charge is -2.16. The number of carbonyl (C=O) groups excluding carboxylic acids is 1. The van der Waals surface area contributed by atoms with Crippen molar-refractivity contribution in [3.05, 3.63) is 36.2 Å². The number of benzene rings is 1. The van der Waals surface area contributed by atoms with E-state index in [1.165, 1.54) is 44.9 Å². The molecule has 1 saturated carbocycles. The van der Waals surface area contributed by atoms with Gasteiger partial charge < -0.3 is 10.6 Å². The highest BCUT2D eigenvalue weighted by molar-refractivity contribution is 5.94. The Morgan fingerprint density at radius 3 is 2.44 bits per heavy atom. The maximum absolute atomic E-state index is 12.2. The van der Waals surface area contributed by atoms with Crippen molar-refractivity contribution in [2.75, 3.05) is 13.1 Å². The second-order valence-corrected chi connectivity index (χ2v) is 6.20. The Balaban J connectivity index is 0.00000225. The van der Waals surface area contributed by atoms with Crippen LogP contribution in [0.15, 0.2) is 30.6 Å². The first-order valence-electron chi connectivity index (χ1n) is 8.68. The second kappa shape index (κ2) is 10.1. The summed E-state index contributed by atoms with van der Waals surface area (Å²) in [5, 5.41) is 17.5. The summed E-state index contributed by atoms with van der Waals surface area (Å²) in [7, 11) is 0. The van der Waals surface area contributed by atoms with Gasteiger partial charge in [-0.3, -0.25) is 4.79 Å². The number of nitrogens with one attached hydrogen (secondary N) is 2. The first-order valence-corrected chi connectivity index (χ1v) is 8.68. The highest BCUT2D eigenvalue weighted by Gasteiger charge is 2.11. The molecule has 3 rings (SSSR count). The van der Waals surface area contributed by atoms with E-state index in [1.807, 2.05) is 12.1 Å². The topological polar surface area (TPSA) is 84.7 Å². The predicted molar refractivity (Wildman–Crippen MR) is 98.2 cm³/mol. The Hall–Kier alpha value is -1.99. The van der Waals surface area contributed by atoms with Crippen molar-refractivity contribution in [2.24, 2.45) is 0 Å². The van der Waals surface area contributed by atoms with E-state index in [4.69, 9.17) is 0 Å². The van der Waals surface area contributed by atoms with Crippen LogP contribution in [0, 0.1) is 0 Å². The lowest BCUT2D eigenvalue weighted by Crippen LogP contribution is -2.36. The number of tetrazole rings is 1. The number of carbonyl (C=O) groups is 1. The highest BCUT2D eigenvalue weighted by atomic mass is 35.5. The van der Waals surface area contributed by atoms with E-state index >= 15 is 0 Å². The van der Waals surface area contributed by atoms with Crippen molar-refractivity contribution in [1.29, 1.82) is 0 Å². The van der Waals surface area contributed by atoms with Crippen LogP contribution in [-0.2, 0) is 0 Å². The molecule has 0 saturated heterocycles. The summed E-state index contributed by atoms with van der Waals surface area (Å²) in [6, 6.07) is 7.83. The molecule has 1 aliphatic rings. The molecule has 1 heterocycles. The molecule has 0 radical (unpaired) electrons. The maximum atomic E-state index is 12.2. The summed E-state index contributed by atoms with van der Waals surface area (Å²) in [4.78, 5) is 12.2. The molecule has 0 atom stereocenters. The normalized spacial score (nSPS) is 15.2. The average molecular weight is 365 g/mol. The molecule has 1 aliphatic carbocycles. The molecule has 25 heavy (non-hydrogen) atoms. The third-order valence-electron chi connectivity index (χ3n) is 4.44. The largest absolute Gasteiger partial charge is 0.351 e. The summed E-state index contributed by atoms with van der Waals surface area (Å²) in [6.45, 7) is 1.46. The van der Waals surface area contributed by atoms with Gasteiger partial charge in [0.15, 0.2) is 0 Å². The number of hydrogen-bond acceptors (Lipinski definition) is 5. The van der Waals surface area contributed by atoms with E-state index in [2.05, 4.69) is 26.2 Å². The summed E-state index contributed by atoms with van der Waals surface area (Å²) < 4.78 is 1.55. The van der Waals surface area contributed by atoms with Crippen LogP contribution in [-0.4, -0.2) is 45.2 Å². The molecule has 0 unspecified atom stereocenters. The van der Waals surface area contributed by atoms with Gasteiger partial charge in [0.05, 0.1) is 5.69 Å². The van der Waals surface area contributed by atoms with Gasteiger partial charge in [-0.25, -0.2) is 4.68 Å². The van der Waals surface area contributed by atoms with Crippen molar-refractivity contribution in [3.8, 4) is 5.69 Å². The molecule has 7 nitrogen and oxygen atoms in total. The first kappa shape index (κ1) is 19.3. The zero-order valence-electron chi connectivity index (χ0n) is 14.2. The summed E-state index contributed by atoms with van der Waals surface area (Å²) in [5.74, 6) is -0.0547. The maximum Gasteiger partial charge on any atom is 0.251 e. The molecule has 0 bridgehead atoms.